The van der Waals surface area contributed by atoms with Gasteiger partial charge in [-0.25, -0.2) is 0 Å². The van der Waals surface area contributed by atoms with Gasteiger partial charge in [-0.2, -0.15) is 5.10 Å². The van der Waals surface area contributed by atoms with E-state index < -0.39 is 6.10 Å². The maximum atomic E-state index is 10.4. The van der Waals surface area contributed by atoms with Gasteiger partial charge >= 0.3 is 0 Å². The SMILES string of the molecule is CCn1cc(C(O)C2(OC)CCCC2)cn1. The summed E-state index contributed by atoms with van der Waals surface area (Å²) in [6.07, 6.45) is 7.22. The molecular formula is C12H20N2O2. The number of methoxy groups -OCH3 is 1. The summed E-state index contributed by atoms with van der Waals surface area (Å²) in [5.74, 6) is 0. The first kappa shape index (κ1) is 11.6. The zero-order valence-electron chi connectivity index (χ0n) is 10.0. The van der Waals surface area contributed by atoms with E-state index in [2.05, 4.69) is 5.10 Å². The molecular weight excluding hydrogens is 204 g/mol. The minimum atomic E-state index is -0.555. The van der Waals surface area contributed by atoms with E-state index in [0.29, 0.717) is 0 Å². The summed E-state index contributed by atoms with van der Waals surface area (Å²) in [6, 6.07) is 0. The molecule has 4 nitrogen and oxygen atoms in total. The summed E-state index contributed by atoms with van der Waals surface area (Å²) in [5, 5.41) is 14.6. The Labute approximate surface area is 96.2 Å². The van der Waals surface area contributed by atoms with Crippen LogP contribution in [0.5, 0.6) is 0 Å². The third-order valence-corrected chi connectivity index (χ3v) is 3.65. The highest BCUT2D eigenvalue weighted by atomic mass is 16.5. The number of nitrogens with zero attached hydrogens (tertiary/aromatic N) is 2. The van der Waals surface area contributed by atoms with Crippen molar-refractivity contribution >= 4 is 0 Å². The summed E-state index contributed by atoms with van der Waals surface area (Å²) in [6.45, 7) is 2.86. The first-order valence-corrected chi connectivity index (χ1v) is 5.97. The van der Waals surface area contributed by atoms with Gasteiger partial charge in [0.15, 0.2) is 0 Å². The zero-order chi connectivity index (χ0) is 11.6. The molecule has 1 aromatic rings. The van der Waals surface area contributed by atoms with Crippen molar-refractivity contribution in [3.63, 3.8) is 0 Å². The molecule has 1 saturated carbocycles. The number of aromatic nitrogens is 2. The molecule has 1 unspecified atom stereocenters. The van der Waals surface area contributed by atoms with Crippen molar-refractivity contribution in [2.24, 2.45) is 0 Å². The number of rotatable bonds is 4. The minimum Gasteiger partial charge on any atom is -0.385 e. The second kappa shape index (κ2) is 4.55. The van der Waals surface area contributed by atoms with Crippen molar-refractivity contribution in [3.8, 4) is 0 Å². The van der Waals surface area contributed by atoms with Gasteiger partial charge in [0.25, 0.3) is 0 Å². The van der Waals surface area contributed by atoms with E-state index in [1.165, 1.54) is 0 Å². The quantitative estimate of drug-likeness (QED) is 0.849. The highest BCUT2D eigenvalue weighted by molar-refractivity contribution is 5.14. The van der Waals surface area contributed by atoms with Gasteiger partial charge in [-0.1, -0.05) is 12.8 Å². The lowest BCUT2D eigenvalue weighted by molar-refractivity contribution is -0.100. The van der Waals surface area contributed by atoms with Gasteiger partial charge in [0.1, 0.15) is 6.10 Å². The largest absolute Gasteiger partial charge is 0.385 e. The second-order valence-corrected chi connectivity index (χ2v) is 4.51. The lowest BCUT2D eigenvalue weighted by Gasteiger charge is -2.32. The fourth-order valence-electron chi connectivity index (χ4n) is 2.56. The van der Waals surface area contributed by atoms with Gasteiger partial charge in [0.2, 0.25) is 0 Å². The molecule has 4 heteroatoms. The topological polar surface area (TPSA) is 47.3 Å². The summed E-state index contributed by atoms with van der Waals surface area (Å²) in [4.78, 5) is 0. The van der Waals surface area contributed by atoms with Crippen LogP contribution in [0.25, 0.3) is 0 Å². The standard InChI is InChI=1S/C12H20N2O2/c1-3-14-9-10(8-13-14)11(15)12(16-2)6-4-5-7-12/h8-9,11,15H,3-7H2,1-2H3. The predicted molar refractivity (Wildman–Crippen MR) is 61.1 cm³/mol. The zero-order valence-corrected chi connectivity index (χ0v) is 10.0. The third kappa shape index (κ3) is 1.87. The first-order valence-electron chi connectivity index (χ1n) is 5.97. The van der Waals surface area contributed by atoms with Crippen LogP contribution in [0.3, 0.4) is 0 Å². The molecule has 2 rings (SSSR count). The second-order valence-electron chi connectivity index (χ2n) is 4.51. The lowest BCUT2D eigenvalue weighted by atomic mass is 9.91. The van der Waals surface area contributed by atoms with Crippen molar-refractivity contribution < 1.29 is 9.84 Å². The number of aryl methyl sites for hydroxylation is 1. The van der Waals surface area contributed by atoms with E-state index in [-0.39, 0.29) is 5.60 Å². The Morgan fingerprint density at radius 3 is 2.75 bits per heavy atom. The molecule has 1 atom stereocenters. The summed E-state index contributed by atoms with van der Waals surface area (Å²) in [5.41, 5.74) is 0.479. The highest BCUT2D eigenvalue weighted by Crippen LogP contribution is 2.42. The van der Waals surface area contributed by atoms with Crippen LogP contribution in [0.2, 0.25) is 0 Å². The number of aliphatic hydroxyl groups excluding tert-OH is 1. The number of ether oxygens (including phenoxy) is 1. The van der Waals surface area contributed by atoms with Crippen LogP contribution in [0, 0.1) is 0 Å². The van der Waals surface area contributed by atoms with Gasteiger partial charge in [-0.15, -0.1) is 0 Å². The summed E-state index contributed by atoms with van der Waals surface area (Å²) >= 11 is 0. The van der Waals surface area contributed by atoms with E-state index in [1.807, 2.05) is 17.8 Å². The Morgan fingerprint density at radius 2 is 2.25 bits per heavy atom. The van der Waals surface area contributed by atoms with Crippen LogP contribution in [-0.4, -0.2) is 27.6 Å². The molecule has 1 aliphatic rings. The fourth-order valence-corrected chi connectivity index (χ4v) is 2.56. The molecule has 1 heterocycles. The van der Waals surface area contributed by atoms with Gasteiger partial charge in [-0.3, -0.25) is 4.68 Å². The molecule has 90 valence electrons. The summed E-state index contributed by atoms with van der Waals surface area (Å²) in [7, 11) is 1.69. The molecule has 0 aromatic carbocycles. The van der Waals surface area contributed by atoms with Gasteiger partial charge < -0.3 is 9.84 Å². The molecule has 0 spiro atoms. The van der Waals surface area contributed by atoms with Crippen LogP contribution >= 0.6 is 0 Å². The summed E-state index contributed by atoms with van der Waals surface area (Å²) < 4.78 is 7.40. The van der Waals surface area contributed by atoms with E-state index in [4.69, 9.17) is 4.74 Å². The Kier molecular flexibility index (Phi) is 3.30. The molecule has 1 aromatic heterocycles. The molecule has 0 saturated heterocycles. The minimum absolute atomic E-state index is 0.387. The number of hydrogen-bond acceptors (Lipinski definition) is 3. The molecule has 0 aliphatic heterocycles. The van der Waals surface area contributed by atoms with E-state index >= 15 is 0 Å². The average molecular weight is 224 g/mol. The maximum absolute atomic E-state index is 10.4. The van der Waals surface area contributed by atoms with Crippen molar-refractivity contribution in [2.45, 2.75) is 50.9 Å². The number of aliphatic hydroxyl groups is 1. The molecule has 0 radical (unpaired) electrons. The van der Waals surface area contributed by atoms with Crippen molar-refractivity contribution in [1.29, 1.82) is 0 Å². The van der Waals surface area contributed by atoms with Crippen LogP contribution in [0.1, 0.15) is 44.3 Å². The predicted octanol–water partition coefficient (Wildman–Crippen LogP) is 1.90. The lowest BCUT2D eigenvalue weighted by Crippen LogP contribution is -2.35. The first-order chi connectivity index (χ1) is 7.72. The van der Waals surface area contributed by atoms with E-state index in [9.17, 15) is 5.11 Å². The normalized spacial score (nSPS) is 21.2. The maximum Gasteiger partial charge on any atom is 0.111 e. The number of hydrogen-bond donors (Lipinski definition) is 1. The highest BCUT2D eigenvalue weighted by Gasteiger charge is 2.42. The Hall–Kier alpha value is -0.870. The van der Waals surface area contributed by atoms with Crippen LogP contribution in [0.4, 0.5) is 0 Å². The molecule has 0 amide bonds. The molecule has 1 fully saturated rings. The monoisotopic (exact) mass is 224 g/mol. The van der Waals surface area contributed by atoms with E-state index in [1.54, 1.807) is 13.3 Å². The van der Waals surface area contributed by atoms with Gasteiger partial charge in [0.05, 0.1) is 11.8 Å². The van der Waals surface area contributed by atoms with Crippen LogP contribution in [0.15, 0.2) is 12.4 Å². The van der Waals surface area contributed by atoms with Crippen molar-refractivity contribution in [3.05, 3.63) is 18.0 Å². The molecule has 1 aliphatic carbocycles. The van der Waals surface area contributed by atoms with Gasteiger partial charge in [-0.05, 0) is 19.8 Å². The smallest absolute Gasteiger partial charge is 0.111 e. The van der Waals surface area contributed by atoms with E-state index in [0.717, 1.165) is 37.8 Å². The van der Waals surface area contributed by atoms with Crippen LogP contribution < -0.4 is 0 Å². The molecule has 16 heavy (non-hydrogen) atoms. The Bertz CT molecular complexity index is 343. The van der Waals surface area contributed by atoms with Crippen LogP contribution in [-0.2, 0) is 11.3 Å². The fraction of sp³-hybridized carbons (Fsp3) is 0.750. The Balaban J connectivity index is 2.19. The average Bonchev–Trinajstić information content (AvgIpc) is 2.98. The van der Waals surface area contributed by atoms with Crippen molar-refractivity contribution in [1.82, 2.24) is 9.78 Å². The molecule has 1 N–H and O–H groups in total. The molecule has 0 bridgehead atoms. The van der Waals surface area contributed by atoms with Crippen molar-refractivity contribution in [2.75, 3.05) is 7.11 Å². The third-order valence-electron chi connectivity index (χ3n) is 3.65. The Morgan fingerprint density at radius 1 is 1.56 bits per heavy atom. The van der Waals surface area contributed by atoms with Gasteiger partial charge in [0, 0.05) is 25.4 Å².